The SMILES string of the molecule is N#Cc1c(-n2c3cc(-c4ccccc4)ccc3c3ccc(-c4ccccc4)cc32)cc(-c2cccc(F)c2F)cc1-n1c2cc(-c3ccccc3)ccc2c2ccc(-c3ccccc3)cc21. The first-order valence-electron chi connectivity index (χ1n) is 21.9. The predicted octanol–water partition coefficient (Wildman–Crippen LogP) is 16.4. The summed E-state index contributed by atoms with van der Waals surface area (Å²) in [5.41, 5.74) is 13.7. The zero-order valence-electron chi connectivity index (χ0n) is 35.5. The number of hydrogen-bond acceptors (Lipinski definition) is 1. The summed E-state index contributed by atoms with van der Waals surface area (Å²) in [4.78, 5) is 0. The van der Waals surface area contributed by atoms with Crippen molar-refractivity contribution in [3.8, 4) is 73.1 Å². The number of rotatable bonds is 7. The molecule has 10 aromatic carbocycles. The Bertz CT molecular complexity index is 3470. The van der Waals surface area contributed by atoms with E-state index in [9.17, 15) is 5.26 Å². The van der Waals surface area contributed by atoms with Gasteiger partial charge in [0.1, 0.15) is 11.6 Å². The summed E-state index contributed by atoms with van der Waals surface area (Å²) in [5.74, 6) is -1.91. The Morgan fingerprint density at radius 3 is 0.970 bits per heavy atom. The summed E-state index contributed by atoms with van der Waals surface area (Å²) in [5, 5.41) is 15.7. The van der Waals surface area contributed by atoms with Crippen LogP contribution >= 0.6 is 0 Å². The molecule has 0 unspecified atom stereocenters. The fourth-order valence-corrected chi connectivity index (χ4v) is 9.76. The molecule has 66 heavy (non-hydrogen) atoms. The fraction of sp³-hybridized carbons (Fsp3) is 0. The van der Waals surface area contributed by atoms with Crippen molar-refractivity contribution in [1.82, 2.24) is 9.13 Å². The van der Waals surface area contributed by atoms with Gasteiger partial charge in [-0.25, -0.2) is 8.78 Å². The van der Waals surface area contributed by atoms with Gasteiger partial charge in [-0.3, -0.25) is 0 Å². The summed E-state index contributed by atoms with van der Waals surface area (Å²) < 4.78 is 36.0. The van der Waals surface area contributed by atoms with Crippen LogP contribution < -0.4 is 0 Å². The molecule has 0 bridgehead atoms. The molecule has 2 aromatic heterocycles. The number of hydrogen-bond donors (Lipinski definition) is 0. The van der Waals surface area contributed by atoms with Gasteiger partial charge >= 0.3 is 0 Å². The lowest BCUT2D eigenvalue weighted by atomic mass is 9.99. The van der Waals surface area contributed by atoms with Gasteiger partial charge in [0, 0.05) is 27.1 Å². The zero-order valence-corrected chi connectivity index (χ0v) is 35.5. The molecule has 310 valence electrons. The van der Waals surface area contributed by atoms with Gasteiger partial charge in [0.15, 0.2) is 11.6 Å². The van der Waals surface area contributed by atoms with Crippen molar-refractivity contribution in [1.29, 1.82) is 5.26 Å². The van der Waals surface area contributed by atoms with E-state index in [1.165, 1.54) is 6.07 Å². The van der Waals surface area contributed by atoms with Crippen LogP contribution in [0.25, 0.3) is 111 Å². The Balaban J connectivity index is 1.24. The van der Waals surface area contributed by atoms with E-state index in [1.54, 1.807) is 6.07 Å². The lowest BCUT2D eigenvalue weighted by Crippen LogP contribution is -2.06. The molecular formula is C61H37F2N3. The monoisotopic (exact) mass is 849 g/mol. The highest BCUT2D eigenvalue weighted by Gasteiger charge is 2.25. The van der Waals surface area contributed by atoms with Gasteiger partial charge < -0.3 is 9.13 Å². The topological polar surface area (TPSA) is 33.6 Å². The molecule has 0 aliphatic rings. The Labute approximate surface area is 379 Å². The van der Waals surface area contributed by atoms with Gasteiger partial charge in [-0.2, -0.15) is 5.26 Å². The predicted molar refractivity (Wildman–Crippen MR) is 267 cm³/mol. The molecule has 2 heterocycles. The van der Waals surface area contributed by atoms with Crippen LogP contribution in [-0.2, 0) is 0 Å². The first-order chi connectivity index (χ1) is 32.5. The quantitative estimate of drug-likeness (QED) is 0.157. The number of benzene rings is 10. The molecule has 0 fully saturated rings. The molecule has 0 N–H and O–H groups in total. The summed E-state index contributed by atoms with van der Waals surface area (Å²) >= 11 is 0. The Hall–Kier alpha value is -8.85. The minimum atomic E-state index is -0.959. The fourth-order valence-electron chi connectivity index (χ4n) is 9.76. The molecule has 3 nitrogen and oxygen atoms in total. The number of aromatic nitrogens is 2. The minimum absolute atomic E-state index is 0.0911. The average Bonchev–Trinajstić information content (AvgIpc) is 3.88. The number of fused-ring (bicyclic) bond motifs is 6. The normalized spacial score (nSPS) is 11.5. The first-order valence-corrected chi connectivity index (χ1v) is 21.9. The molecule has 0 spiro atoms. The maximum atomic E-state index is 16.3. The van der Waals surface area contributed by atoms with E-state index in [4.69, 9.17) is 0 Å². The smallest absolute Gasteiger partial charge is 0.166 e. The molecule has 12 rings (SSSR count). The van der Waals surface area contributed by atoms with Crippen molar-refractivity contribution >= 4 is 43.6 Å². The largest absolute Gasteiger partial charge is 0.308 e. The minimum Gasteiger partial charge on any atom is -0.308 e. The van der Waals surface area contributed by atoms with Gasteiger partial charge in [-0.1, -0.05) is 182 Å². The van der Waals surface area contributed by atoms with Crippen LogP contribution in [0.2, 0.25) is 0 Å². The van der Waals surface area contributed by atoms with Gasteiger partial charge in [0.2, 0.25) is 0 Å². The van der Waals surface area contributed by atoms with Crippen LogP contribution in [0.15, 0.2) is 224 Å². The van der Waals surface area contributed by atoms with Gasteiger partial charge in [-0.05, 0) is 92.5 Å². The molecule has 0 atom stereocenters. The molecular weight excluding hydrogens is 813 g/mol. The third-order valence-corrected chi connectivity index (χ3v) is 12.9. The molecule has 0 amide bonds. The molecule has 0 saturated heterocycles. The standard InChI is InChI=1S/C61H37F2N3/c62-54-23-13-22-48(61(54)63)47-36-59(65-55-32-43(39-14-5-1-6-15-39)24-28-49(55)50-29-25-44(33-56(50)65)40-16-7-2-8-17-40)53(38-64)60(37-47)66-57-34-45(41-18-9-3-10-19-41)26-30-51(57)52-31-27-46(35-58(52)66)42-20-11-4-12-21-42/h1-37H. The highest BCUT2D eigenvalue weighted by molar-refractivity contribution is 6.13. The van der Waals surface area contributed by atoms with E-state index in [-0.39, 0.29) is 5.56 Å². The second-order valence-electron chi connectivity index (χ2n) is 16.7. The summed E-state index contributed by atoms with van der Waals surface area (Å²) in [6.45, 7) is 0. The molecule has 0 aliphatic heterocycles. The maximum absolute atomic E-state index is 16.3. The molecule has 0 saturated carbocycles. The molecule has 12 aromatic rings. The van der Waals surface area contributed by atoms with E-state index in [0.717, 1.165) is 94.2 Å². The van der Waals surface area contributed by atoms with E-state index in [1.807, 2.05) is 84.9 Å². The van der Waals surface area contributed by atoms with Crippen LogP contribution in [0, 0.1) is 23.0 Å². The second kappa shape index (κ2) is 15.7. The average molecular weight is 850 g/mol. The number of nitriles is 1. The van der Waals surface area contributed by atoms with Crippen molar-refractivity contribution in [3.05, 3.63) is 242 Å². The van der Waals surface area contributed by atoms with Gasteiger partial charge in [-0.15, -0.1) is 0 Å². The van der Waals surface area contributed by atoms with E-state index in [2.05, 4.69) is 137 Å². The zero-order chi connectivity index (χ0) is 44.3. The first kappa shape index (κ1) is 38.8. The van der Waals surface area contributed by atoms with Gasteiger partial charge in [0.05, 0.1) is 33.4 Å². The summed E-state index contributed by atoms with van der Waals surface area (Å²) in [6.07, 6.45) is 0. The summed E-state index contributed by atoms with van der Waals surface area (Å²) in [6, 6.07) is 77.3. The van der Waals surface area contributed by atoms with Crippen LogP contribution in [0.4, 0.5) is 8.78 Å². The van der Waals surface area contributed by atoms with Gasteiger partial charge in [0.25, 0.3) is 0 Å². The summed E-state index contributed by atoms with van der Waals surface area (Å²) in [7, 11) is 0. The van der Waals surface area contributed by atoms with E-state index in [0.29, 0.717) is 22.5 Å². The Morgan fingerprint density at radius 2 is 0.652 bits per heavy atom. The lowest BCUT2D eigenvalue weighted by Gasteiger charge is -2.19. The molecule has 5 heteroatoms. The van der Waals surface area contributed by atoms with E-state index < -0.39 is 11.6 Å². The van der Waals surface area contributed by atoms with Crippen LogP contribution in [-0.4, -0.2) is 9.13 Å². The van der Waals surface area contributed by atoms with Crippen LogP contribution in [0.3, 0.4) is 0 Å². The second-order valence-corrected chi connectivity index (χ2v) is 16.7. The Morgan fingerprint density at radius 1 is 0.318 bits per heavy atom. The van der Waals surface area contributed by atoms with Crippen LogP contribution in [0.5, 0.6) is 0 Å². The van der Waals surface area contributed by atoms with Crippen molar-refractivity contribution in [2.24, 2.45) is 0 Å². The third kappa shape index (κ3) is 6.38. The molecule has 0 radical (unpaired) electrons. The maximum Gasteiger partial charge on any atom is 0.166 e. The highest BCUT2D eigenvalue weighted by atomic mass is 19.2. The van der Waals surface area contributed by atoms with Crippen LogP contribution in [0.1, 0.15) is 5.56 Å². The van der Waals surface area contributed by atoms with E-state index >= 15 is 8.78 Å². The van der Waals surface area contributed by atoms with Crippen molar-refractivity contribution in [2.75, 3.05) is 0 Å². The molecule has 0 aliphatic carbocycles. The van der Waals surface area contributed by atoms with Crippen molar-refractivity contribution in [2.45, 2.75) is 0 Å². The lowest BCUT2D eigenvalue weighted by molar-refractivity contribution is 0.511. The Kier molecular flexibility index (Phi) is 9.25. The van der Waals surface area contributed by atoms with Crippen molar-refractivity contribution < 1.29 is 8.78 Å². The van der Waals surface area contributed by atoms with Crippen molar-refractivity contribution in [3.63, 3.8) is 0 Å². The highest BCUT2D eigenvalue weighted by Crippen LogP contribution is 2.43. The number of nitrogens with zero attached hydrogens (tertiary/aromatic N) is 3. The third-order valence-electron chi connectivity index (χ3n) is 12.9. The number of halogens is 2.